The summed E-state index contributed by atoms with van der Waals surface area (Å²) >= 11 is 0. The molecule has 1 unspecified atom stereocenters. The molecule has 4 nitrogen and oxygen atoms in total. The number of hydrogen-bond donors (Lipinski definition) is 4. The largest absolute Gasteiger partial charge is 0.398 e. The molecule has 0 amide bonds. The Morgan fingerprint density at radius 2 is 1.53 bits per heavy atom. The molecule has 0 saturated carbocycles. The minimum absolute atomic E-state index is 0.414. The average Bonchev–Trinajstić information content (AvgIpc) is 2.20. The van der Waals surface area contributed by atoms with Crippen LogP contribution >= 0.6 is 9.24 Å². The van der Waals surface area contributed by atoms with Gasteiger partial charge in [0.05, 0.1) is 17.1 Å². The van der Waals surface area contributed by atoms with E-state index in [2.05, 4.69) is 9.24 Å². The molecule has 15 heavy (non-hydrogen) atoms. The second-order valence-corrected chi connectivity index (χ2v) is 4.04. The van der Waals surface area contributed by atoms with E-state index < -0.39 is 0 Å². The SMILES string of the molecule is Nc1cc2ccc(N)c(P)c2c(N)c1N. The summed E-state index contributed by atoms with van der Waals surface area (Å²) in [5, 5.41) is 2.65. The molecule has 0 bridgehead atoms. The topological polar surface area (TPSA) is 104 Å². The van der Waals surface area contributed by atoms with E-state index in [1.807, 2.05) is 12.1 Å². The maximum Gasteiger partial charge on any atom is 0.0788 e. The van der Waals surface area contributed by atoms with E-state index in [9.17, 15) is 0 Å². The van der Waals surface area contributed by atoms with Gasteiger partial charge in [0.1, 0.15) is 0 Å². The molecular formula is C10H13N4P. The Bertz CT molecular complexity index is 551. The van der Waals surface area contributed by atoms with Gasteiger partial charge in [0, 0.05) is 16.4 Å². The van der Waals surface area contributed by atoms with E-state index in [1.165, 1.54) is 0 Å². The van der Waals surface area contributed by atoms with Crippen LogP contribution in [0.1, 0.15) is 0 Å². The Morgan fingerprint density at radius 1 is 0.867 bits per heavy atom. The molecule has 78 valence electrons. The van der Waals surface area contributed by atoms with Crippen LogP contribution < -0.4 is 28.2 Å². The molecule has 0 aliphatic carbocycles. The van der Waals surface area contributed by atoms with E-state index in [0.717, 1.165) is 16.1 Å². The number of anilines is 4. The highest BCUT2D eigenvalue weighted by Crippen LogP contribution is 2.32. The lowest BCUT2D eigenvalue weighted by Gasteiger charge is -2.12. The van der Waals surface area contributed by atoms with Crippen molar-refractivity contribution in [3.8, 4) is 0 Å². The van der Waals surface area contributed by atoms with Crippen LogP contribution in [0.3, 0.4) is 0 Å². The maximum atomic E-state index is 5.91. The second-order valence-electron chi connectivity index (χ2n) is 3.46. The van der Waals surface area contributed by atoms with Crippen molar-refractivity contribution in [1.29, 1.82) is 0 Å². The number of hydrogen-bond acceptors (Lipinski definition) is 4. The Kier molecular flexibility index (Phi) is 2.09. The van der Waals surface area contributed by atoms with Crippen molar-refractivity contribution in [1.82, 2.24) is 0 Å². The van der Waals surface area contributed by atoms with Gasteiger partial charge in [0.15, 0.2) is 0 Å². The number of benzene rings is 2. The van der Waals surface area contributed by atoms with Crippen molar-refractivity contribution in [2.75, 3.05) is 22.9 Å². The lowest BCUT2D eigenvalue weighted by molar-refractivity contribution is 1.70. The van der Waals surface area contributed by atoms with Crippen LogP contribution in [-0.2, 0) is 0 Å². The lowest BCUT2D eigenvalue weighted by atomic mass is 10.1. The van der Waals surface area contributed by atoms with Crippen LogP contribution in [0.2, 0.25) is 0 Å². The normalized spacial score (nSPS) is 10.7. The third-order valence-corrected chi connectivity index (χ3v) is 3.11. The first-order valence-corrected chi connectivity index (χ1v) is 5.01. The number of fused-ring (bicyclic) bond motifs is 1. The second kappa shape index (κ2) is 3.17. The quantitative estimate of drug-likeness (QED) is 0.387. The summed E-state index contributed by atoms with van der Waals surface area (Å²) in [6.07, 6.45) is 0. The van der Waals surface area contributed by atoms with E-state index in [0.29, 0.717) is 22.7 Å². The highest BCUT2D eigenvalue weighted by molar-refractivity contribution is 7.29. The molecule has 8 N–H and O–H groups in total. The van der Waals surface area contributed by atoms with Crippen LogP contribution in [0.5, 0.6) is 0 Å². The predicted octanol–water partition coefficient (Wildman–Crippen LogP) is 0.669. The molecule has 0 heterocycles. The third kappa shape index (κ3) is 1.34. The molecule has 0 aliphatic heterocycles. The molecule has 0 radical (unpaired) electrons. The first-order valence-electron chi connectivity index (χ1n) is 4.43. The predicted molar refractivity (Wildman–Crippen MR) is 70.9 cm³/mol. The summed E-state index contributed by atoms with van der Waals surface area (Å²) in [5.41, 5.74) is 25.3. The zero-order chi connectivity index (χ0) is 11.2. The summed E-state index contributed by atoms with van der Waals surface area (Å²) in [6.45, 7) is 0. The minimum atomic E-state index is 0.414. The Hall–Kier alpha value is -1.67. The molecule has 2 aromatic carbocycles. The van der Waals surface area contributed by atoms with Gasteiger partial charge in [-0.05, 0) is 17.5 Å². The molecular weight excluding hydrogens is 207 g/mol. The van der Waals surface area contributed by atoms with Crippen molar-refractivity contribution >= 4 is 48.1 Å². The fourth-order valence-corrected chi connectivity index (χ4v) is 2.03. The summed E-state index contributed by atoms with van der Waals surface area (Å²) in [5.74, 6) is 0. The molecule has 0 saturated heterocycles. The van der Waals surface area contributed by atoms with Crippen molar-refractivity contribution < 1.29 is 0 Å². The first-order chi connectivity index (χ1) is 7.02. The Labute approximate surface area is 89.8 Å². The van der Waals surface area contributed by atoms with Gasteiger partial charge in [-0.15, -0.1) is 9.24 Å². The monoisotopic (exact) mass is 220 g/mol. The van der Waals surface area contributed by atoms with E-state index in [-0.39, 0.29) is 0 Å². The van der Waals surface area contributed by atoms with Gasteiger partial charge in [0.25, 0.3) is 0 Å². The van der Waals surface area contributed by atoms with Crippen molar-refractivity contribution in [2.45, 2.75) is 0 Å². The maximum absolute atomic E-state index is 5.91. The fraction of sp³-hybridized carbons (Fsp3) is 0. The van der Waals surface area contributed by atoms with Gasteiger partial charge < -0.3 is 22.9 Å². The summed E-state index contributed by atoms with van der Waals surface area (Å²) < 4.78 is 0. The van der Waals surface area contributed by atoms with Gasteiger partial charge >= 0.3 is 0 Å². The zero-order valence-corrected chi connectivity index (χ0v) is 9.27. The first kappa shape index (κ1) is 9.87. The van der Waals surface area contributed by atoms with E-state index in [1.54, 1.807) is 6.07 Å². The number of nitrogens with two attached hydrogens (primary N) is 4. The summed E-state index contributed by atoms with van der Waals surface area (Å²) in [6, 6.07) is 5.50. The van der Waals surface area contributed by atoms with Crippen LogP contribution in [0.15, 0.2) is 18.2 Å². The molecule has 0 spiro atoms. The smallest absolute Gasteiger partial charge is 0.0788 e. The molecule has 0 fully saturated rings. The van der Waals surface area contributed by atoms with Crippen LogP contribution in [-0.4, -0.2) is 0 Å². The molecule has 1 atom stereocenters. The zero-order valence-electron chi connectivity index (χ0n) is 8.12. The minimum Gasteiger partial charge on any atom is -0.398 e. The molecule has 2 aromatic rings. The highest BCUT2D eigenvalue weighted by Gasteiger charge is 2.09. The molecule has 2 rings (SSSR count). The van der Waals surface area contributed by atoms with E-state index in [4.69, 9.17) is 22.9 Å². The Balaban J connectivity index is 3.00. The van der Waals surface area contributed by atoms with Gasteiger partial charge in [-0.2, -0.15) is 0 Å². The van der Waals surface area contributed by atoms with Crippen LogP contribution in [0.25, 0.3) is 10.8 Å². The molecule has 0 aliphatic rings. The summed E-state index contributed by atoms with van der Waals surface area (Å²) in [4.78, 5) is 0. The van der Waals surface area contributed by atoms with Gasteiger partial charge in [-0.3, -0.25) is 0 Å². The highest BCUT2D eigenvalue weighted by atomic mass is 31.0. The van der Waals surface area contributed by atoms with Crippen molar-refractivity contribution in [3.05, 3.63) is 18.2 Å². The third-order valence-electron chi connectivity index (χ3n) is 2.49. The standard InChI is InChI=1S/C10H13N4P/c11-5-2-1-4-3-6(12)8(13)9(14)7(4)10(5)15/h1-3H,11-15H2. The summed E-state index contributed by atoms with van der Waals surface area (Å²) in [7, 11) is 2.57. The number of nitrogen functional groups attached to an aromatic ring is 4. The van der Waals surface area contributed by atoms with Crippen molar-refractivity contribution in [2.24, 2.45) is 0 Å². The van der Waals surface area contributed by atoms with Gasteiger partial charge in [-0.1, -0.05) is 6.07 Å². The average molecular weight is 220 g/mol. The lowest BCUT2D eigenvalue weighted by Crippen LogP contribution is -2.08. The van der Waals surface area contributed by atoms with Crippen LogP contribution in [0.4, 0.5) is 22.7 Å². The number of rotatable bonds is 0. The van der Waals surface area contributed by atoms with Gasteiger partial charge in [-0.25, -0.2) is 0 Å². The molecule has 0 aromatic heterocycles. The fourth-order valence-electron chi connectivity index (χ4n) is 1.61. The Morgan fingerprint density at radius 3 is 2.20 bits per heavy atom. The van der Waals surface area contributed by atoms with Crippen molar-refractivity contribution in [3.63, 3.8) is 0 Å². The van der Waals surface area contributed by atoms with E-state index >= 15 is 0 Å². The molecule has 5 heteroatoms. The van der Waals surface area contributed by atoms with Gasteiger partial charge in [0.2, 0.25) is 0 Å². The van der Waals surface area contributed by atoms with Crippen LogP contribution in [0, 0.1) is 0 Å².